The van der Waals surface area contributed by atoms with Crippen molar-refractivity contribution in [1.29, 1.82) is 0 Å². The minimum Gasteiger partial charge on any atom is -0.354 e. The second kappa shape index (κ2) is 18.1. The fraction of sp³-hybridized carbons (Fsp3) is 0.200. The molecule has 69 heavy (non-hydrogen) atoms. The summed E-state index contributed by atoms with van der Waals surface area (Å²) >= 11 is 3.73. The van der Waals surface area contributed by atoms with Crippen LogP contribution in [0.25, 0.3) is 45.5 Å². The molecule has 1 aliphatic carbocycles. The van der Waals surface area contributed by atoms with Crippen molar-refractivity contribution >= 4 is 64.1 Å². The van der Waals surface area contributed by atoms with Crippen LogP contribution in [0.5, 0.6) is 0 Å². The highest BCUT2D eigenvalue weighted by Gasteiger charge is 2.39. The average molecular weight is 935 g/mol. The second-order valence-corrected chi connectivity index (χ2v) is 22.6. The van der Waals surface area contributed by atoms with Gasteiger partial charge in [0.05, 0.1) is 11.4 Å². The van der Waals surface area contributed by atoms with Gasteiger partial charge in [0, 0.05) is 53.3 Å². The minimum atomic E-state index is 0.0358. The van der Waals surface area contributed by atoms with Crippen LogP contribution in [0.15, 0.2) is 178 Å². The minimum absolute atomic E-state index is 0.0358. The molecule has 1 heterocycles. The number of fused-ring (bicyclic) bond motifs is 3. The van der Waals surface area contributed by atoms with E-state index in [0.29, 0.717) is 0 Å². The van der Waals surface area contributed by atoms with Crippen molar-refractivity contribution in [3.05, 3.63) is 209 Å². The van der Waals surface area contributed by atoms with Gasteiger partial charge >= 0.3 is 0 Å². The van der Waals surface area contributed by atoms with E-state index >= 15 is 0 Å². The van der Waals surface area contributed by atoms with Gasteiger partial charge in [0.25, 0.3) is 0 Å². The van der Waals surface area contributed by atoms with E-state index in [1.54, 1.807) is 0 Å². The number of nitrogens with zero attached hydrogens (tertiary/aromatic N) is 1. The number of anilines is 5. The van der Waals surface area contributed by atoms with Gasteiger partial charge < -0.3 is 10.2 Å². The summed E-state index contributed by atoms with van der Waals surface area (Å²) in [4.78, 5) is 7.53. The third-order valence-electron chi connectivity index (χ3n) is 14.6. The molecule has 0 atom stereocenters. The van der Waals surface area contributed by atoms with Gasteiger partial charge in [-0.25, -0.2) is 0 Å². The lowest BCUT2D eigenvalue weighted by Crippen LogP contribution is -2.34. The fourth-order valence-electron chi connectivity index (χ4n) is 10.7. The zero-order chi connectivity index (χ0) is 48.4. The van der Waals surface area contributed by atoms with Gasteiger partial charge in [0.2, 0.25) is 0 Å². The Kier molecular flexibility index (Phi) is 12.2. The maximum absolute atomic E-state index is 4.32. The third-order valence-corrected chi connectivity index (χ3v) is 17.0. The Bertz CT molecular complexity index is 3350. The third kappa shape index (κ3) is 8.46. The summed E-state index contributed by atoms with van der Waals surface area (Å²) in [6, 6.07) is 54.2. The fourth-order valence-corrected chi connectivity index (χ4v) is 12.9. The molecular weight excluding hydrogens is 873 g/mol. The predicted octanol–water partition coefficient (Wildman–Crippen LogP) is 19.7. The molecule has 0 fully saturated rings. The van der Waals surface area contributed by atoms with Crippen LogP contribution in [-0.2, 0) is 10.8 Å². The highest BCUT2D eigenvalue weighted by atomic mass is 32.2. The quantitative estimate of drug-likeness (QED) is 0.147. The van der Waals surface area contributed by atoms with E-state index < -0.39 is 0 Å². The van der Waals surface area contributed by atoms with Gasteiger partial charge in [-0.05, 0) is 168 Å². The summed E-state index contributed by atoms with van der Waals surface area (Å²) < 4.78 is 0. The van der Waals surface area contributed by atoms with Crippen molar-refractivity contribution < 1.29 is 0 Å². The van der Waals surface area contributed by atoms with Crippen LogP contribution in [0.2, 0.25) is 0 Å². The van der Waals surface area contributed by atoms with E-state index in [0.717, 1.165) is 34.5 Å². The Morgan fingerprint density at radius 1 is 0.522 bits per heavy atom. The van der Waals surface area contributed by atoms with E-state index in [2.05, 4.69) is 231 Å². The largest absolute Gasteiger partial charge is 0.354 e. The maximum atomic E-state index is 4.32. The van der Waals surface area contributed by atoms with Gasteiger partial charge in [-0.15, -0.1) is 0 Å². The van der Waals surface area contributed by atoms with Gasteiger partial charge in [0.1, 0.15) is 0 Å². The summed E-state index contributed by atoms with van der Waals surface area (Å²) in [5.74, 6) is 0. The van der Waals surface area contributed by atoms with Crippen LogP contribution < -0.4 is 10.2 Å². The molecule has 8 aromatic carbocycles. The van der Waals surface area contributed by atoms with Gasteiger partial charge in [-0.2, -0.15) is 0 Å². The normalized spacial score (nSPS) is 14.4. The highest BCUT2D eigenvalue weighted by Crippen LogP contribution is 2.60. The van der Waals surface area contributed by atoms with Crippen LogP contribution in [0.4, 0.5) is 28.4 Å². The molecule has 1 N–H and O–H groups in total. The topological polar surface area (TPSA) is 15.3 Å². The van der Waals surface area contributed by atoms with E-state index in [9.17, 15) is 0 Å². The smallest absolute Gasteiger partial charge is 0.0613 e. The molecule has 0 amide bonds. The van der Waals surface area contributed by atoms with Crippen molar-refractivity contribution in [1.82, 2.24) is 0 Å². The van der Waals surface area contributed by atoms with E-state index in [4.69, 9.17) is 0 Å². The van der Waals surface area contributed by atoms with E-state index in [1.807, 2.05) is 35.7 Å². The lowest BCUT2D eigenvalue weighted by atomic mass is 9.63. The molecule has 4 heteroatoms. The van der Waals surface area contributed by atoms with Crippen molar-refractivity contribution in [3.8, 4) is 33.4 Å². The van der Waals surface area contributed by atoms with Gasteiger partial charge in [0.15, 0.2) is 0 Å². The number of aryl methyl sites for hydroxylation is 5. The molecule has 2 nitrogen and oxygen atoms in total. The number of nitrogens with one attached hydrogen (secondary N) is 1. The van der Waals surface area contributed by atoms with E-state index in [-0.39, 0.29) is 10.8 Å². The molecule has 0 radical (unpaired) electrons. The summed E-state index contributed by atoms with van der Waals surface area (Å²) in [5.41, 5.74) is 24.3. The van der Waals surface area contributed by atoms with E-state index in [1.165, 1.54) is 110 Å². The van der Waals surface area contributed by atoms with Crippen LogP contribution in [0.3, 0.4) is 0 Å². The number of rotatable bonds is 10. The molecule has 344 valence electrons. The number of hydrogen-bond acceptors (Lipinski definition) is 4. The predicted molar refractivity (Wildman–Crippen MR) is 301 cm³/mol. The molecule has 8 aromatic rings. The molecule has 10 rings (SSSR count). The number of hydrogen-bond donors (Lipinski definition) is 1. The standard InChI is InChI=1S/C65H62N2S2/c1-12-45-21-17-19-25-48(45)61-42(5)28-30-54(66-53-29-27-40(3)33-49(53)47-23-15-14-16-24-47)62(61)50-34-41(4)35-57-63(50)69-60-37-44(7)59(68-58-26-20-18-22-46(58)13-2)39-56(60)67(57)55-38-52-51(36-43(55)6)64(8,9)31-32-65(52,10)11/h12-30,33-39,66H,1-2,31-32H2,3-11H3. The lowest BCUT2D eigenvalue weighted by Gasteiger charge is -2.43. The first-order valence-electron chi connectivity index (χ1n) is 24.3. The molecule has 1 aliphatic heterocycles. The Morgan fingerprint density at radius 2 is 1.17 bits per heavy atom. The Labute approximate surface area is 419 Å². The van der Waals surface area contributed by atoms with Gasteiger partial charge in [-0.1, -0.05) is 179 Å². The lowest BCUT2D eigenvalue weighted by molar-refractivity contribution is 0.332. The Balaban J connectivity index is 1.26. The Hall–Kier alpha value is -6.46. The molecule has 0 spiro atoms. The summed E-state index contributed by atoms with van der Waals surface area (Å²) in [7, 11) is 0. The summed E-state index contributed by atoms with van der Waals surface area (Å²) in [5, 5.41) is 4.08. The van der Waals surface area contributed by atoms with Crippen molar-refractivity contribution in [2.75, 3.05) is 10.2 Å². The molecule has 0 bridgehead atoms. The zero-order valence-electron chi connectivity index (χ0n) is 41.6. The first kappa shape index (κ1) is 46.3. The van der Waals surface area contributed by atoms with Crippen molar-refractivity contribution in [2.45, 2.75) is 106 Å². The van der Waals surface area contributed by atoms with Crippen LogP contribution in [0.1, 0.15) is 90.6 Å². The van der Waals surface area contributed by atoms with Crippen molar-refractivity contribution in [3.63, 3.8) is 0 Å². The highest BCUT2D eigenvalue weighted by molar-refractivity contribution is 8.00. The molecule has 0 unspecified atom stereocenters. The summed E-state index contributed by atoms with van der Waals surface area (Å²) in [6.07, 6.45) is 6.29. The molecule has 0 saturated carbocycles. The van der Waals surface area contributed by atoms with Crippen molar-refractivity contribution in [2.24, 2.45) is 0 Å². The monoisotopic (exact) mass is 934 g/mol. The molecular formula is C65H62N2S2. The van der Waals surface area contributed by atoms with Gasteiger partial charge in [-0.3, -0.25) is 0 Å². The first-order chi connectivity index (χ1) is 33.1. The maximum Gasteiger partial charge on any atom is 0.0613 e. The van der Waals surface area contributed by atoms with Crippen LogP contribution in [-0.4, -0.2) is 0 Å². The molecule has 0 saturated heterocycles. The molecule has 2 aliphatic rings. The second-order valence-electron chi connectivity index (χ2n) is 20.5. The first-order valence-corrected chi connectivity index (χ1v) is 25.9. The SMILES string of the molecule is C=Cc1ccccc1Sc1cc2c(cc1C)Sc1c(-c3c(Nc4ccc(C)cc4-c4ccccc4)ccc(C)c3-c3ccccc3C=C)cc(C)cc1N2c1cc2c(cc1C)C(C)(C)CCC2(C)C. The zero-order valence-corrected chi connectivity index (χ0v) is 43.2. The Morgan fingerprint density at radius 3 is 1.91 bits per heavy atom. The van der Waals surface area contributed by atoms with Crippen LogP contribution in [0, 0.1) is 34.6 Å². The number of benzene rings is 8. The average Bonchev–Trinajstić information content (AvgIpc) is 3.34. The van der Waals surface area contributed by atoms with Crippen LogP contribution >= 0.6 is 23.5 Å². The summed E-state index contributed by atoms with van der Waals surface area (Å²) in [6.45, 7) is 29.5. The molecule has 0 aromatic heterocycles.